The van der Waals surface area contributed by atoms with E-state index in [1.54, 1.807) is 0 Å². The van der Waals surface area contributed by atoms with Crippen LogP contribution in [0.15, 0.2) is 0 Å². The molecule has 4 rings (SSSR count). The first kappa shape index (κ1) is 22.0. The summed E-state index contributed by atoms with van der Waals surface area (Å²) >= 11 is 0. The minimum Gasteiger partial charge on any atom is -0.390 e. The highest BCUT2D eigenvalue weighted by molar-refractivity contribution is 5.10. The lowest BCUT2D eigenvalue weighted by Gasteiger charge is -2.62. The second-order valence-electron chi connectivity index (χ2n) is 12.0. The van der Waals surface area contributed by atoms with Crippen LogP contribution in [0.25, 0.3) is 0 Å². The third-order valence-electron chi connectivity index (χ3n) is 10.8. The fourth-order valence-corrected chi connectivity index (χ4v) is 9.13. The van der Waals surface area contributed by atoms with E-state index in [1.807, 2.05) is 6.92 Å². The first-order valence-corrected chi connectivity index (χ1v) is 12.2. The van der Waals surface area contributed by atoms with Gasteiger partial charge in [0.2, 0.25) is 0 Å². The predicted octanol–water partition coefficient (Wildman–Crippen LogP) is 7.37. The van der Waals surface area contributed by atoms with Crippen molar-refractivity contribution in [1.82, 2.24) is 0 Å². The minimum atomic E-state index is -4.05. The van der Waals surface area contributed by atoms with Gasteiger partial charge in [0.05, 0.1) is 5.60 Å². The van der Waals surface area contributed by atoms with Gasteiger partial charge >= 0.3 is 6.18 Å². The minimum absolute atomic E-state index is 0.0911. The van der Waals surface area contributed by atoms with Crippen molar-refractivity contribution in [2.24, 2.45) is 46.3 Å². The average Bonchev–Trinajstić information content (AvgIpc) is 2.98. The summed E-state index contributed by atoms with van der Waals surface area (Å²) in [4.78, 5) is 0. The molecule has 0 saturated heterocycles. The molecule has 0 unspecified atom stereocenters. The van der Waals surface area contributed by atoms with Crippen LogP contribution in [0.2, 0.25) is 0 Å². The number of rotatable bonds is 3. The summed E-state index contributed by atoms with van der Waals surface area (Å²) in [6, 6.07) is 0. The molecular formula is C25H41F3O. The van der Waals surface area contributed by atoms with E-state index in [1.165, 1.54) is 19.3 Å². The molecule has 4 aliphatic rings. The number of aliphatic hydroxyl groups is 1. The van der Waals surface area contributed by atoms with Crippen molar-refractivity contribution in [3.05, 3.63) is 0 Å². The second kappa shape index (κ2) is 7.14. The van der Waals surface area contributed by atoms with Gasteiger partial charge < -0.3 is 5.11 Å². The summed E-state index contributed by atoms with van der Waals surface area (Å²) in [6.07, 6.45) is 6.02. The van der Waals surface area contributed by atoms with E-state index in [2.05, 4.69) is 20.8 Å². The summed E-state index contributed by atoms with van der Waals surface area (Å²) in [5.41, 5.74) is -0.0547. The topological polar surface area (TPSA) is 20.2 Å². The molecule has 4 heteroatoms. The molecule has 1 nitrogen and oxygen atoms in total. The summed E-state index contributed by atoms with van der Waals surface area (Å²) in [6.45, 7) is 8.79. The molecule has 0 heterocycles. The second-order valence-corrected chi connectivity index (χ2v) is 12.0. The van der Waals surface area contributed by atoms with Crippen molar-refractivity contribution in [2.45, 2.75) is 110 Å². The normalized spacial score (nSPS) is 51.1. The van der Waals surface area contributed by atoms with Gasteiger partial charge in [-0.15, -0.1) is 0 Å². The molecule has 0 amide bonds. The molecule has 4 saturated carbocycles. The monoisotopic (exact) mass is 414 g/mol. The van der Waals surface area contributed by atoms with E-state index in [9.17, 15) is 18.3 Å². The Bertz CT molecular complexity index is 618. The first-order chi connectivity index (χ1) is 13.4. The number of fused-ring (bicyclic) bond motifs is 5. The lowest BCUT2D eigenvalue weighted by molar-refractivity contribution is -0.163. The van der Waals surface area contributed by atoms with Gasteiger partial charge in [-0.2, -0.15) is 13.2 Å². The van der Waals surface area contributed by atoms with Gasteiger partial charge in [-0.05, 0) is 111 Å². The first-order valence-electron chi connectivity index (χ1n) is 12.2. The van der Waals surface area contributed by atoms with Crippen LogP contribution < -0.4 is 0 Å². The molecule has 1 N–H and O–H groups in total. The van der Waals surface area contributed by atoms with Crippen molar-refractivity contribution in [3.8, 4) is 0 Å². The number of hydrogen-bond donors (Lipinski definition) is 1. The maximum Gasteiger partial charge on any atom is 0.389 e. The zero-order valence-electron chi connectivity index (χ0n) is 18.8. The molecule has 0 spiro atoms. The standard InChI is InChI=1S/C25H41F3O/c1-5-24(29)13-12-22(3)17(15-24)6-7-18-20-9-8-19(16(2)14-25(26,27)28)23(20,4)11-10-21(18)22/h16-21,29H,5-15H2,1-4H3/t16-,17-,18+,19-,20+,21+,22+,23-,24+/m1/s1. The SMILES string of the molecule is CC[C@]1(O)CC[C@@]2(C)[C@H](CC[C@@H]3[C@@H]2CC[C@]2(C)[C@@H]([C@H](C)CC(F)(F)F)CC[C@@H]32)C1. The maximum absolute atomic E-state index is 13.1. The molecule has 0 aliphatic heterocycles. The molecule has 29 heavy (non-hydrogen) atoms. The van der Waals surface area contributed by atoms with E-state index in [4.69, 9.17) is 0 Å². The zero-order chi connectivity index (χ0) is 21.2. The third kappa shape index (κ3) is 3.57. The van der Waals surface area contributed by atoms with Gasteiger partial charge in [-0.1, -0.05) is 27.7 Å². The molecule has 0 bridgehead atoms. The van der Waals surface area contributed by atoms with Crippen molar-refractivity contribution in [2.75, 3.05) is 0 Å². The largest absolute Gasteiger partial charge is 0.390 e. The Labute approximate surface area is 175 Å². The van der Waals surface area contributed by atoms with E-state index in [0.29, 0.717) is 29.1 Å². The number of hydrogen-bond acceptors (Lipinski definition) is 1. The molecule has 0 radical (unpaired) electrons. The lowest BCUT2D eigenvalue weighted by Crippen LogP contribution is -2.56. The molecule has 4 aliphatic carbocycles. The van der Waals surface area contributed by atoms with Crippen molar-refractivity contribution >= 4 is 0 Å². The Balaban J connectivity index is 1.53. The molecule has 0 aromatic rings. The fraction of sp³-hybridized carbons (Fsp3) is 1.00. The quantitative estimate of drug-likeness (QED) is 0.511. The fourth-order valence-electron chi connectivity index (χ4n) is 9.13. The van der Waals surface area contributed by atoms with E-state index in [0.717, 1.165) is 44.9 Å². The summed E-state index contributed by atoms with van der Waals surface area (Å²) < 4.78 is 39.3. The van der Waals surface area contributed by atoms with Gasteiger partial charge in [0.25, 0.3) is 0 Å². The van der Waals surface area contributed by atoms with Crippen LogP contribution in [-0.4, -0.2) is 16.9 Å². The van der Waals surface area contributed by atoms with Gasteiger partial charge in [0.15, 0.2) is 0 Å². The Kier molecular flexibility index (Phi) is 5.40. The average molecular weight is 415 g/mol. The molecule has 168 valence electrons. The molecule has 4 fully saturated rings. The van der Waals surface area contributed by atoms with Crippen molar-refractivity contribution in [1.29, 1.82) is 0 Å². The molecule has 9 atom stereocenters. The Morgan fingerprint density at radius 2 is 1.62 bits per heavy atom. The lowest BCUT2D eigenvalue weighted by atomic mass is 9.43. The van der Waals surface area contributed by atoms with Crippen LogP contribution >= 0.6 is 0 Å². The van der Waals surface area contributed by atoms with Crippen LogP contribution in [0.1, 0.15) is 98.3 Å². The van der Waals surface area contributed by atoms with Gasteiger partial charge in [0, 0.05) is 6.42 Å². The highest BCUT2D eigenvalue weighted by atomic mass is 19.4. The van der Waals surface area contributed by atoms with Crippen molar-refractivity contribution in [3.63, 3.8) is 0 Å². The number of alkyl halides is 3. The van der Waals surface area contributed by atoms with Gasteiger partial charge in [-0.3, -0.25) is 0 Å². The third-order valence-corrected chi connectivity index (χ3v) is 10.8. The van der Waals surface area contributed by atoms with Crippen LogP contribution in [0.4, 0.5) is 13.2 Å². The summed E-state index contributed by atoms with van der Waals surface area (Å²) in [5, 5.41) is 10.9. The highest BCUT2D eigenvalue weighted by Crippen LogP contribution is 2.69. The van der Waals surface area contributed by atoms with Crippen LogP contribution in [0, 0.1) is 46.3 Å². The zero-order valence-corrected chi connectivity index (χ0v) is 18.8. The molecule has 0 aromatic carbocycles. The van der Waals surface area contributed by atoms with Crippen LogP contribution in [0.3, 0.4) is 0 Å². The van der Waals surface area contributed by atoms with E-state index < -0.39 is 18.2 Å². The number of halogens is 3. The summed E-state index contributed by atoms with van der Waals surface area (Å²) in [5.74, 6) is 2.57. The van der Waals surface area contributed by atoms with Gasteiger partial charge in [0.1, 0.15) is 0 Å². The highest BCUT2D eigenvalue weighted by Gasteiger charge is 2.61. The van der Waals surface area contributed by atoms with Gasteiger partial charge in [-0.25, -0.2) is 0 Å². The maximum atomic E-state index is 13.1. The smallest absolute Gasteiger partial charge is 0.389 e. The Morgan fingerprint density at radius 1 is 0.931 bits per heavy atom. The summed E-state index contributed by atoms with van der Waals surface area (Å²) in [7, 11) is 0. The van der Waals surface area contributed by atoms with Crippen molar-refractivity contribution < 1.29 is 18.3 Å². The molecular weight excluding hydrogens is 373 g/mol. The van der Waals surface area contributed by atoms with Crippen LogP contribution in [0.5, 0.6) is 0 Å². The van der Waals surface area contributed by atoms with E-state index >= 15 is 0 Å². The molecule has 0 aromatic heterocycles. The Hall–Kier alpha value is -0.250. The predicted molar refractivity (Wildman–Crippen MR) is 110 cm³/mol. The van der Waals surface area contributed by atoms with E-state index in [-0.39, 0.29) is 17.3 Å². The Morgan fingerprint density at radius 3 is 2.28 bits per heavy atom. The van der Waals surface area contributed by atoms with Crippen LogP contribution in [-0.2, 0) is 0 Å².